The van der Waals surface area contributed by atoms with Gasteiger partial charge in [0.05, 0.1) is 10.6 Å². The van der Waals surface area contributed by atoms with Gasteiger partial charge in [-0.1, -0.05) is 0 Å². The number of hydrogen-bond donors (Lipinski definition) is 2. The van der Waals surface area contributed by atoms with Gasteiger partial charge in [0.15, 0.2) is 0 Å². The van der Waals surface area contributed by atoms with Gasteiger partial charge in [-0.05, 0) is 28.7 Å². The van der Waals surface area contributed by atoms with Crippen molar-refractivity contribution in [2.75, 3.05) is 31.6 Å². The minimum atomic E-state index is -0.417. The SMILES string of the molecule is CNC(=O)C1CNCCN1c1ccc([N+](=O)[O-])cc1I. The van der Waals surface area contributed by atoms with Crippen molar-refractivity contribution in [3.8, 4) is 0 Å². The van der Waals surface area contributed by atoms with Gasteiger partial charge in [-0.15, -0.1) is 0 Å². The Morgan fingerprint density at radius 2 is 2.35 bits per heavy atom. The van der Waals surface area contributed by atoms with Crippen molar-refractivity contribution >= 4 is 39.9 Å². The van der Waals surface area contributed by atoms with E-state index in [9.17, 15) is 14.9 Å². The highest BCUT2D eigenvalue weighted by Crippen LogP contribution is 2.28. The molecular formula is C12H15IN4O3. The van der Waals surface area contributed by atoms with E-state index in [1.54, 1.807) is 13.1 Å². The van der Waals surface area contributed by atoms with E-state index in [0.717, 1.165) is 15.8 Å². The van der Waals surface area contributed by atoms with Crippen molar-refractivity contribution < 1.29 is 9.72 Å². The van der Waals surface area contributed by atoms with Crippen molar-refractivity contribution in [3.05, 3.63) is 31.9 Å². The van der Waals surface area contributed by atoms with Crippen LogP contribution in [-0.2, 0) is 4.79 Å². The quantitative estimate of drug-likeness (QED) is 0.451. The van der Waals surface area contributed by atoms with Crippen molar-refractivity contribution in [1.29, 1.82) is 0 Å². The first-order valence-electron chi connectivity index (χ1n) is 6.17. The maximum Gasteiger partial charge on any atom is 0.270 e. The number of benzene rings is 1. The highest BCUT2D eigenvalue weighted by molar-refractivity contribution is 14.1. The average Bonchev–Trinajstić information content (AvgIpc) is 2.46. The standard InChI is InChI=1S/C12H15IN4O3/c1-14-12(18)11-7-15-4-5-16(11)10-3-2-8(17(19)20)6-9(10)13/h2-3,6,11,15H,4-5,7H2,1H3,(H,14,18). The van der Waals surface area contributed by atoms with Gasteiger partial charge in [-0.3, -0.25) is 14.9 Å². The molecule has 1 fully saturated rings. The number of non-ortho nitro benzene ring substituents is 1. The first-order chi connectivity index (χ1) is 9.54. The number of nitrogens with zero attached hydrogens (tertiary/aromatic N) is 2. The summed E-state index contributed by atoms with van der Waals surface area (Å²) in [6.07, 6.45) is 0. The number of carbonyl (C=O) groups is 1. The predicted octanol–water partition coefficient (Wildman–Crippen LogP) is 0.724. The summed E-state index contributed by atoms with van der Waals surface area (Å²) >= 11 is 2.07. The van der Waals surface area contributed by atoms with Gasteiger partial charge in [0.2, 0.25) is 5.91 Å². The maximum absolute atomic E-state index is 11.9. The number of halogens is 1. The van der Waals surface area contributed by atoms with E-state index in [-0.39, 0.29) is 17.6 Å². The van der Waals surface area contributed by atoms with E-state index in [1.807, 2.05) is 4.90 Å². The molecule has 0 spiro atoms. The van der Waals surface area contributed by atoms with Crippen LogP contribution in [0.1, 0.15) is 0 Å². The predicted molar refractivity (Wildman–Crippen MR) is 83.9 cm³/mol. The van der Waals surface area contributed by atoms with Crippen LogP contribution < -0.4 is 15.5 Å². The summed E-state index contributed by atoms with van der Waals surface area (Å²) in [5.74, 6) is -0.0636. The van der Waals surface area contributed by atoms with E-state index >= 15 is 0 Å². The lowest BCUT2D eigenvalue weighted by atomic mass is 10.1. The van der Waals surface area contributed by atoms with Crippen LogP contribution in [0.5, 0.6) is 0 Å². The fraction of sp³-hybridized carbons (Fsp3) is 0.417. The van der Waals surface area contributed by atoms with E-state index in [1.165, 1.54) is 12.1 Å². The van der Waals surface area contributed by atoms with E-state index in [4.69, 9.17) is 0 Å². The molecule has 7 nitrogen and oxygen atoms in total. The molecule has 0 aromatic heterocycles. The Kier molecular flexibility index (Phi) is 4.76. The van der Waals surface area contributed by atoms with E-state index in [0.29, 0.717) is 13.1 Å². The highest BCUT2D eigenvalue weighted by atomic mass is 127. The fourth-order valence-electron chi connectivity index (χ4n) is 2.24. The molecule has 0 radical (unpaired) electrons. The molecule has 1 aliphatic heterocycles. The topological polar surface area (TPSA) is 87.5 Å². The van der Waals surface area contributed by atoms with Crippen molar-refractivity contribution in [1.82, 2.24) is 10.6 Å². The molecule has 0 aliphatic carbocycles. The third-order valence-electron chi connectivity index (χ3n) is 3.24. The molecule has 108 valence electrons. The summed E-state index contributed by atoms with van der Waals surface area (Å²) in [4.78, 5) is 24.3. The lowest BCUT2D eigenvalue weighted by Crippen LogP contribution is -2.57. The van der Waals surface area contributed by atoms with Crippen LogP contribution in [0.25, 0.3) is 0 Å². The molecule has 2 rings (SSSR count). The summed E-state index contributed by atoms with van der Waals surface area (Å²) in [6, 6.07) is 4.41. The van der Waals surface area contributed by atoms with Crippen LogP contribution in [0.4, 0.5) is 11.4 Å². The summed E-state index contributed by atoms with van der Waals surface area (Å²) in [6.45, 7) is 2.03. The van der Waals surface area contributed by atoms with E-state index < -0.39 is 4.92 Å². The number of nitrogens with one attached hydrogen (secondary N) is 2. The number of rotatable bonds is 3. The summed E-state index contributed by atoms with van der Waals surface area (Å²) in [7, 11) is 1.61. The lowest BCUT2D eigenvalue weighted by molar-refractivity contribution is -0.384. The van der Waals surface area contributed by atoms with Gasteiger partial charge in [0.1, 0.15) is 6.04 Å². The number of carbonyl (C=O) groups excluding carboxylic acids is 1. The minimum absolute atomic E-state index is 0.0600. The smallest absolute Gasteiger partial charge is 0.270 e. The number of anilines is 1. The van der Waals surface area contributed by atoms with Crippen LogP contribution in [0.3, 0.4) is 0 Å². The van der Waals surface area contributed by atoms with Crippen molar-refractivity contribution in [2.45, 2.75) is 6.04 Å². The molecule has 1 saturated heterocycles. The normalized spacial score (nSPS) is 18.7. The zero-order valence-electron chi connectivity index (χ0n) is 10.9. The van der Waals surface area contributed by atoms with Crippen LogP contribution >= 0.6 is 22.6 Å². The zero-order chi connectivity index (χ0) is 14.7. The molecule has 0 saturated carbocycles. The van der Waals surface area contributed by atoms with E-state index in [2.05, 4.69) is 33.2 Å². The van der Waals surface area contributed by atoms with Crippen LogP contribution in [0, 0.1) is 13.7 Å². The van der Waals surface area contributed by atoms with Crippen LogP contribution in [0.2, 0.25) is 0 Å². The first kappa shape index (κ1) is 15.0. The molecule has 2 N–H and O–H groups in total. The molecule has 20 heavy (non-hydrogen) atoms. The van der Waals surface area contributed by atoms with Crippen molar-refractivity contribution in [2.24, 2.45) is 0 Å². The lowest BCUT2D eigenvalue weighted by Gasteiger charge is -2.37. The molecular weight excluding hydrogens is 375 g/mol. The zero-order valence-corrected chi connectivity index (χ0v) is 13.1. The highest BCUT2D eigenvalue weighted by Gasteiger charge is 2.29. The molecule has 1 aromatic rings. The fourth-order valence-corrected chi connectivity index (χ4v) is 3.04. The second-order valence-electron chi connectivity index (χ2n) is 4.42. The Bertz CT molecular complexity index is 537. The third kappa shape index (κ3) is 3.01. The Balaban J connectivity index is 2.32. The van der Waals surface area contributed by atoms with Gasteiger partial charge >= 0.3 is 0 Å². The number of likely N-dealkylation sites (N-methyl/N-ethyl adjacent to an activating group) is 1. The molecule has 1 unspecified atom stereocenters. The Morgan fingerprint density at radius 3 is 2.95 bits per heavy atom. The average molecular weight is 390 g/mol. The third-order valence-corrected chi connectivity index (χ3v) is 4.11. The second-order valence-corrected chi connectivity index (χ2v) is 5.58. The molecule has 1 aromatic carbocycles. The van der Waals surface area contributed by atoms with Gasteiger partial charge in [0.25, 0.3) is 5.69 Å². The Labute approximate surface area is 130 Å². The first-order valence-corrected chi connectivity index (χ1v) is 7.25. The molecule has 1 aliphatic rings. The largest absolute Gasteiger partial charge is 0.357 e. The number of nitro groups is 1. The minimum Gasteiger partial charge on any atom is -0.357 e. The number of piperazine rings is 1. The molecule has 0 bridgehead atoms. The molecule has 1 amide bonds. The monoisotopic (exact) mass is 390 g/mol. The Morgan fingerprint density at radius 1 is 1.60 bits per heavy atom. The number of amides is 1. The van der Waals surface area contributed by atoms with Crippen LogP contribution in [-0.4, -0.2) is 43.6 Å². The van der Waals surface area contributed by atoms with Gasteiger partial charge in [-0.2, -0.15) is 0 Å². The summed E-state index contributed by atoms with van der Waals surface area (Å²) in [5, 5.41) is 16.6. The Hall–Kier alpha value is -1.42. The number of nitro benzene ring substituents is 1. The van der Waals surface area contributed by atoms with Gasteiger partial charge in [-0.25, -0.2) is 0 Å². The molecule has 1 heterocycles. The maximum atomic E-state index is 11.9. The van der Waals surface area contributed by atoms with Gasteiger partial charge in [0, 0.05) is 42.4 Å². The van der Waals surface area contributed by atoms with Crippen LogP contribution in [0.15, 0.2) is 18.2 Å². The summed E-state index contributed by atoms with van der Waals surface area (Å²) in [5.41, 5.74) is 0.913. The second kappa shape index (κ2) is 6.35. The molecule has 1 atom stereocenters. The van der Waals surface area contributed by atoms with Crippen molar-refractivity contribution in [3.63, 3.8) is 0 Å². The van der Waals surface area contributed by atoms with Gasteiger partial charge < -0.3 is 15.5 Å². The summed E-state index contributed by atoms with van der Waals surface area (Å²) < 4.78 is 0.771. The number of hydrogen-bond acceptors (Lipinski definition) is 5. The molecule has 8 heteroatoms.